The van der Waals surface area contributed by atoms with Crippen molar-refractivity contribution in [2.45, 2.75) is 31.1 Å². The zero-order chi connectivity index (χ0) is 18.0. The molecule has 0 unspecified atom stereocenters. The molecule has 1 aromatic carbocycles. The summed E-state index contributed by atoms with van der Waals surface area (Å²) in [5, 5.41) is 9.24. The van der Waals surface area contributed by atoms with E-state index < -0.39 is 28.9 Å². The summed E-state index contributed by atoms with van der Waals surface area (Å²) in [6, 6.07) is 3.27. The van der Waals surface area contributed by atoms with Gasteiger partial charge in [0.15, 0.2) is 0 Å². The second-order valence-corrected chi connectivity index (χ2v) is 6.75. The number of amides is 1. The van der Waals surface area contributed by atoms with Crippen LogP contribution in [0.15, 0.2) is 18.2 Å². The molecule has 0 aliphatic carbocycles. The molecule has 5 nitrogen and oxygen atoms in total. The lowest BCUT2D eigenvalue weighted by atomic mass is 9.72. The van der Waals surface area contributed by atoms with Gasteiger partial charge in [-0.3, -0.25) is 9.59 Å². The first-order valence-electron chi connectivity index (χ1n) is 8.49. The molecule has 0 radical (unpaired) electrons. The van der Waals surface area contributed by atoms with E-state index in [4.69, 9.17) is 4.74 Å². The molecule has 2 aliphatic heterocycles. The third kappa shape index (κ3) is 3.38. The van der Waals surface area contributed by atoms with E-state index in [1.54, 1.807) is 0 Å². The minimum Gasteiger partial charge on any atom is -0.481 e. The molecule has 0 saturated carbocycles. The summed E-state index contributed by atoms with van der Waals surface area (Å²) < 4.78 is 33.1. The number of hydrogen-bond donors (Lipinski definition) is 1. The summed E-state index contributed by atoms with van der Waals surface area (Å²) in [7, 11) is 0. The van der Waals surface area contributed by atoms with E-state index in [2.05, 4.69) is 0 Å². The van der Waals surface area contributed by atoms with Crippen molar-refractivity contribution >= 4 is 11.9 Å². The van der Waals surface area contributed by atoms with Crippen LogP contribution in [0, 0.1) is 17.6 Å². The first-order chi connectivity index (χ1) is 11.9. The SMILES string of the molecule is O=C(O)[C@@H]1CCCN(C(=O)C2(c3ccc(F)cc3F)CCOCC2)C1. The number of carbonyl (C=O) groups is 2. The van der Waals surface area contributed by atoms with Gasteiger partial charge in [-0.25, -0.2) is 8.78 Å². The van der Waals surface area contributed by atoms with Crippen LogP contribution in [0.25, 0.3) is 0 Å². The molecule has 0 bridgehead atoms. The maximum Gasteiger partial charge on any atom is 0.308 e. The highest BCUT2D eigenvalue weighted by Gasteiger charge is 2.46. The van der Waals surface area contributed by atoms with E-state index in [-0.39, 0.29) is 18.0 Å². The van der Waals surface area contributed by atoms with Gasteiger partial charge in [0.05, 0.1) is 11.3 Å². The number of halogens is 2. The molecular formula is C18H21F2NO4. The lowest BCUT2D eigenvalue weighted by Gasteiger charge is -2.42. The number of carboxylic acids is 1. The van der Waals surface area contributed by atoms with Crippen LogP contribution in [0.4, 0.5) is 8.78 Å². The van der Waals surface area contributed by atoms with Crippen molar-refractivity contribution < 1.29 is 28.2 Å². The number of hydrogen-bond acceptors (Lipinski definition) is 3. The Morgan fingerprint density at radius 2 is 1.96 bits per heavy atom. The average Bonchev–Trinajstić information content (AvgIpc) is 2.61. The van der Waals surface area contributed by atoms with Crippen molar-refractivity contribution in [2.24, 2.45) is 5.92 Å². The highest BCUT2D eigenvalue weighted by atomic mass is 19.1. The van der Waals surface area contributed by atoms with Crippen molar-refractivity contribution in [3.63, 3.8) is 0 Å². The third-order valence-corrected chi connectivity index (χ3v) is 5.26. The fourth-order valence-electron chi connectivity index (χ4n) is 3.86. The number of carbonyl (C=O) groups excluding carboxylic acids is 1. The molecule has 0 spiro atoms. The van der Waals surface area contributed by atoms with Gasteiger partial charge in [0.25, 0.3) is 0 Å². The quantitative estimate of drug-likeness (QED) is 0.906. The van der Waals surface area contributed by atoms with Crippen molar-refractivity contribution in [3.05, 3.63) is 35.4 Å². The summed E-state index contributed by atoms with van der Waals surface area (Å²) >= 11 is 0. The number of carboxylic acid groups (broad SMARTS) is 1. The summed E-state index contributed by atoms with van der Waals surface area (Å²) in [4.78, 5) is 26.1. The van der Waals surface area contributed by atoms with Gasteiger partial charge >= 0.3 is 5.97 Å². The van der Waals surface area contributed by atoms with Gasteiger partial charge in [0, 0.05) is 37.9 Å². The molecule has 1 amide bonds. The van der Waals surface area contributed by atoms with Crippen LogP contribution in [0.3, 0.4) is 0 Å². The molecule has 2 fully saturated rings. The topological polar surface area (TPSA) is 66.8 Å². The highest BCUT2D eigenvalue weighted by Crippen LogP contribution is 2.39. The summed E-state index contributed by atoms with van der Waals surface area (Å²) in [6.45, 7) is 1.19. The number of benzene rings is 1. The Bertz CT molecular complexity index is 673. The third-order valence-electron chi connectivity index (χ3n) is 5.26. The zero-order valence-corrected chi connectivity index (χ0v) is 13.8. The normalized spacial score (nSPS) is 23.3. The van der Waals surface area contributed by atoms with Crippen LogP contribution in [-0.2, 0) is 19.7 Å². The van der Waals surface area contributed by atoms with Crippen LogP contribution < -0.4 is 0 Å². The molecule has 1 aromatic rings. The predicted molar refractivity (Wildman–Crippen MR) is 85.0 cm³/mol. The van der Waals surface area contributed by atoms with Crippen molar-refractivity contribution in [3.8, 4) is 0 Å². The maximum atomic E-state index is 14.5. The molecule has 3 rings (SSSR count). The first-order valence-corrected chi connectivity index (χ1v) is 8.49. The smallest absolute Gasteiger partial charge is 0.308 e. The van der Waals surface area contributed by atoms with E-state index in [1.807, 2.05) is 0 Å². The predicted octanol–water partition coefficient (Wildman–Crippen LogP) is 2.34. The second kappa shape index (κ2) is 7.07. The Morgan fingerprint density at radius 3 is 2.60 bits per heavy atom. The van der Waals surface area contributed by atoms with Gasteiger partial charge < -0.3 is 14.7 Å². The molecule has 1 N–H and O–H groups in total. The lowest BCUT2D eigenvalue weighted by molar-refractivity contribution is -0.149. The largest absolute Gasteiger partial charge is 0.481 e. The number of aliphatic carboxylic acids is 1. The molecule has 136 valence electrons. The molecule has 7 heteroatoms. The number of likely N-dealkylation sites (tertiary alicyclic amines) is 1. The number of nitrogens with zero attached hydrogens (tertiary/aromatic N) is 1. The van der Waals surface area contributed by atoms with Crippen LogP contribution in [0.1, 0.15) is 31.2 Å². The summed E-state index contributed by atoms with van der Waals surface area (Å²) in [5.41, 5.74) is -0.962. The van der Waals surface area contributed by atoms with E-state index in [0.717, 1.165) is 12.1 Å². The van der Waals surface area contributed by atoms with Gasteiger partial charge in [-0.05, 0) is 31.7 Å². The van der Waals surface area contributed by atoms with E-state index in [1.165, 1.54) is 11.0 Å². The molecule has 0 aromatic heterocycles. The van der Waals surface area contributed by atoms with Crippen LogP contribution >= 0.6 is 0 Å². The van der Waals surface area contributed by atoms with E-state index in [0.29, 0.717) is 45.4 Å². The van der Waals surface area contributed by atoms with Gasteiger partial charge in [-0.15, -0.1) is 0 Å². The highest BCUT2D eigenvalue weighted by molar-refractivity contribution is 5.89. The second-order valence-electron chi connectivity index (χ2n) is 6.75. The van der Waals surface area contributed by atoms with Gasteiger partial charge in [-0.2, -0.15) is 0 Å². The van der Waals surface area contributed by atoms with E-state index in [9.17, 15) is 23.5 Å². The summed E-state index contributed by atoms with van der Waals surface area (Å²) in [6.07, 6.45) is 1.71. The fourth-order valence-corrected chi connectivity index (χ4v) is 3.86. The Labute approximate surface area is 144 Å². The maximum absolute atomic E-state index is 14.5. The van der Waals surface area contributed by atoms with Gasteiger partial charge in [-0.1, -0.05) is 6.07 Å². The zero-order valence-electron chi connectivity index (χ0n) is 13.8. The fraction of sp³-hybridized carbons (Fsp3) is 0.556. The lowest BCUT2D eigenvalue weighted by Crippen LogP contribution is -2.53. The minimum absolute atomic E-state index is 0.125. The molecule has 25 heavy (non-hydrogen) atoms. The van der Waals surface area contributed by atoms with Crippen LogP contribution in [-0.4, -0.2) is 48.2 Å². The molecule has 2 heterocycles. The average molecular weight is 353 g/mol. The number of ether oxygens (including phenoxy) is 1. The Hall–Kier alpha value is -2.02. The summed E-state index contributed by atoms with van der Waals surface area (Å²) in [5.74, 6) is -3.26. The molecule has 1 atom stereocenters. The monoisotopic (exact) mass is 353 g/mol. The van der Waals surface area contributed by atoms with Crippen molar-refractivity contribution in [1.82, 2.24) is 4.90 Å². The van der Waals surface area contributed by atoms with Crippen molar-refractivity contribution in [2.75, 3.05) is 26.3 Å². The van der Waals surface area contributed by atoms with Crippen LogP contribution in [0.2, 0.25) is 0 Å². The van der Waals surface area contributed by atoms with Gasteiger partial charge in [0.1, 0.15) is 11.6 Å². The number of rotatable bonds is 3. The number of piperidine rings is 1. The molecular weight excluding hydrogens is 332 g/mol. The van der Waals surface area contributed by atoms with E-state index >= 15 is 0 Å². The first kappa shape index (κ1) is 17.8. The Kier molecular flexibility index (Phi) is 5.03. The van der Waals surface area contributed by atoms with Gasteiger partial charge in [0.2, 0.25) is 5.91 Å². The Balaban J connectivity index is 1.95. The molecule has 2 saturated heterocycles. The van der Waals surface area contributed by atoms with Crippen molar-refractivity contribution in [1.29, 1.82) is 0 Å². The Morgan fingerprint density at radius 1 is 1.24 bits per heavy atom. The van der Waals surface area contributed by atoms with Crippen LogP contribution in [0.5, 0.6) is 0 Å². The standard InChI is InChI=1S/C18H21F2NO4/c19-13-3-4-14(15(20)10-13)18(5-8-25-9-6-18)17(24)21-7-1-2-12(11-21)16(22)23/h3-4,10,12H,1-2,5-9,11H2,(H,22,23)/t12-/m1/s1. The molecule has 2 aliphatic rings. The minimum atomic E-state index is -1.13.